The Morgan fingerprint density at radius 1 is 1.47 bits per heavy atom. The Hall–Kier alpha value is -0.760. The van der Waals surface area contributed by atoms with Crippen molar-refractivity contribution in [2.24, 2.45) is 5.92 Å². The van der Waals surface area contributed by atoms with Crippen molar-refractivity contribution in [3.63, 3.8) is 0 Å². The summed E-state index contributed by atoms with van der Waals surface area (Å²) in [6.07, 6.45) is 2.21. The molecule has 0 bridgehead atoms. The Labute approximate surface area is 112 Å². The van der Waals surface area contributed by atoms with Gasteiger partial charge in [-0.15, -0.1) is 0 Å². The monoisotopic (exact) mass is 294 g/mol. The normalized spacial score (nSPS) is 31.1. The van der Waals surface area contributed by atoms with Gasteiger partial charge >= 0.3 is 0 Å². The fourth-order valence-electron chi connectivity index (χ4n) is 2.89. The first-order valence-corrected chi connectivity index (χ1v) is 7.00. The van der Waals surface area contributed by atoms with E-state index in [0.717, 1.165) is 24.0 Å². The number of phenols is 1. The van der Waals surface area contributed by atoms with Crippen LogP contribution in [-0.4, -0.2) is 5.11 Å². The number of aryl methyl sites for hydroxylation is 1. The molecular weight excluding hydrogens is 276 g/mol. The Balaban J connectivity index is 2.46. The zero-order valence-corrected chi connectivity index (χ0v) is 12.2. The second-order valence-electron chi connectivity index (χ2n) is 5.34. The van der Waals surface area contributed by atoms with E-state index >= 15 is 0 Å². The van der Waals surface area contributed by atoms with Gasteiger partial charge in [-0.3, -0.25) is 0 Å². The van der Waals surface area contributed by atoms with Crippen molar-refractivity contribution < 1.29 is 5.11 Å². The van der Waals surface area contributed by atoms with Crippen molar-refractivity contribution in [2.45, 2.75) is 39.0 Å². The fraction of sp³-hybridized carbons (Fsp3) is 0.467. The SMILES string of the molecule is Cc1ccc(C2(C)CCC(=CBr)C2C)c(O)c1. The molecule has 1 nitrogen and oxygen atoms in total. The molecule has 0 spiro atoms. The van der Waals surface area contributed by atoms with E-state index in [1.807, 2.05) is 18.0 Å². The molecule has 0 aromatic heterocycles. The molecule has 2 unspecified atom stereocenters. The standard InChI is InChI=1S/C15H19BrO/c1-10-4-5-13(14(17)8-10)15(3)7-6-12(9-16)11(15)2/h4-5,8-9,11,17H,6-7H2,1-3H3. The third-order valence-electron chi connectivity index (χ3n) is 4.35. The van der Waals surface area contributed by atoms with Gasteiger partial charge in [-0.05, 0) is 42.3 Å². The second-order valence-corrected chi connectivity index (χ2v) is 5.80. The van der Waals surface area contributed by atoms with Crippen molar-refractivity contribution >= 4 is 15.9 Å². The number of phenolic OH excluding ortho intramolecular Hbond substituents is 1. The molecule has 2 heteroatoms. The molecule has 0 heterocycles. The van der Waals surface area contributed by atoms with Gasteiger partial charge < -0.3 is 5.11 Å². The molecule has 2 rings (SSSR count). The van der Waals surface area contributed by atoms with Crippen LogP contribution in [0.5, 0.6) is 5.75 Å². The third kappa shape index (κ3) is 2.03. The number of hydrogen-bond acceptors (Lipinski definition) is 1. The van der Waals surface area contributed by atoms with E-state index in [1.54, 1.807) is 0 Å². The highest BCUT2D eigenvalue weighted by molar-refractivity contribution is 9.11. The number of allylic oxidation sites excluding steroid dienone is 1. The Morgan fingerprint density at radius 2 is 2.18 bits per heavy atom. The Bertz CT molecular complexity index is 464. The van der Waals surface area contributed by atoms with E-state index in [1.165, 1.54) is 5.57 Å². The van der Waals surface area contributed by atoms with Crippen molar-refractivity contribution in [1.29, 1.82) is 0 Å². The Kier molecular flexibility index (Phi) is 3.35. The lowest BCUT2D eigenvalue weighted by Gasteiger charge is -2.31. The molecule has 1 aromatic rings. The van der Waals surface area contributed by atoms with Gasteiger partial charge in [0.05, 0.1) is 0 Å². The van der Waals surface area contributed by atoms with Crippen LogP contribution in [0.2, 0.25) is 0 Å². The zero-order chi connectivity index (χ0) is 12.6. The summed E-state index contributed by atoms with van der Waals surface area (Å²) in [4.78, 5) is 2.05. The smallest absolute Gasteiger partial charge is 0.119 e. The van der Waals surface area contributed by atoms with Gasteiger partial charge in [0, 0.05) is 11.0 Å². The molecular formula is C15H19BrO. The van der Waals surface area contributed by atoms with Crippen molar-refractivity contribution in [2.75, 3.05) is 0 Å². The summed E-state index contributed by atoms with van der Waals surface area (Å²) >= 11 is 3.45. The summed E-state index contributed by atoms with van der Waals surface area (Å²) < 4.78 is 0. The summed E-state index contributed by atoms with van der Waals surface area (Å²) in [5.74, 6) is 0.908. The van der Waals surface area contributed by atoms with Crippen LogP contribution in [0.1, 0.15) is 37.8 Å². The Morgan fingerprint density at radius 3 is 2.71 bits per heavy atom. The van der Waals surface area contributed by atoms with Crippen LogP contribution in [0.15, 0.2) is 28.8 Å². The van der Waals surface area contributed by atoms with Crippen LogP contribution in [0.4, 0.5) is 0 Å². The summed E-state index contributed by atoms with van der Waals surface area (Å²) in [5, 5.41) is 10.2. The minimum Gasteiger partial charge on any atom is -0.508 e. The molecule has 1 aromatic carbocycles. The molecule has 0 amide bonds. The second kappa shape index (κ2) is 4.49. The number of aromatic hydroxyl groups is 1. The van der Waals surface area contributed by atoms with Crippen LogP contribution in [0, 0.1) is 12.8 Å². The van der Waals surface area contributed by atoms with E-state index in [4.69, 9.17) is 0 Å². The first kappa shape index (κ1) is 12.7. The molecule has 17 heavy (non-hydrogen) atoms. The lowest BCUT2D eigenvalue weighted by molar-refractivity contribution is 0.369. The minimum absolute atomic E-state index is 0.0530. The minimum atomic E-state index is 0.0530. The van der Waals surface area contributed by atoms with Crippen molar-refractivity contribution in [3.05, 3.63) is 39.9 Å². The first-order chi connectivity index (χ1) is 7.99. The van der Waals surface area contributed by atoms with E-state index in [9.17, 15) is 5.11 Å². The zero-order valence-electron chi connectivity index (χ0n) is 10.6. The molecule has 0 radical (unpaired) electrons. The van der Waals surface area contributed by atoms with Crippen LogP contribution < -0.4 is 0 Å². The molecule has 0 saturated heterocycles. The highest BCUT2D eigenvalue weighted by Crippen LogP contribution is 2.50. The highest BCUT2D eigenvalue weighted by atomic mass is 79.9. The van der Waals surface area contributed by atoms with Gasteiger partial charge in [-0.2, -0.15) is 0 Å². The average molecular weight is 295 g/mol. The molecule has 92 valence electrons. The van der Waals surface area contributed by atoms with Crippen LogP contribution in [0.3, 0.4) is 0 Å². The van der Waals surface area contributed by atoms with Gasteiger partial charge in [0.1, 0.15) is 5.75 Å². The van der Waals surface area contributed by atoms with Crippen LogP contribution >= 0.6 is 15.9 Å². The first-order valence-electron chi connectivity index (χ1n) is 6.08. The predicted octanol–water partition coefficient (Wildman–Crippen LogP) is 4.67. The predicted molar refractivity (Wildman–Crippen MR) is 75.6 cm³/mol. The third-order valence-corrected chi connectivity index (χ3v) is 4.94. The highest BCUT2D eigenvalue weighted by Gasteiger charge is 2.41. The number of hydrogen-bond donors (Lipinski definition) is 1. The molecule has 0 aliphatic heterocycles. The quantitative estimate of drug-likeness (QED) is 0.798. The van der Waals surface area contributed by atoms with Crippen molar-refractivity contribution in [1.82, 2.24) is 0 Å². The molecule has 1 fully saturated rings. The van der Waals surface area contributed by atoms with Crippen LogP contribution in [-0.2, 0) is 5.41 Å². The van der Waals surface area contributed by atoms with Gasteiger partial charge in [-0.1, -0.05) is 47.5 Å². The number of benzene rings is 1. The van der Waals surface area contributed by atoms with E-state index in [2.05, 4.69) is 41.9 Å². The molecule has 1 aliphatic carbocycles. The number of rotatable bonds is 1. The van der Waals surface area contributed by atoms with Gasteiger partial charge in [0.2, 0.25) is 0 Å². The maximum absolute atomic E-state index is 10.2. The van der Waals surface area contributed by atoms with Gasteiger partial charge in [0.25, 0.3) is 0 Å². The van der Waals surface area contributed by atoms with Crippen LogP contribution in [0.25, 0.3) is 0 Å². The topological polar surface area (TPSA) is 20.2 Å². The molecule has 2 atom stereocenters. The molecule has 1 N–H and O–H groups in total. The molecule has 1 aliphatic rings. The maximum atomic E-state index is 10.2. The van der Waals surface area contributed by atoms with E-state index in [0.29, 0.717) is 11.7 Å². The lowest BCUT2D eigenvalue weighted by Crippen LogP contribution is -2.25. The maximum Gasteiger partial charge on any atom is 0.119 e. The fourth-order valence-corrected chi connectivity index (χ4v) is 3.51. The van der Waals surface area contributed by atoms with E-state index in [-0.39, 0.29) is 5.41 Å². The average Bonchev–Trinajstić information content (AvgIpc) is 2.56. The summed E-state index contributed by atoms with van der Waals surface area (Å²) in [7, 11) is 0. The summed E-state index contributed by atoms with van der Waals surface area (Å²) in [6, 6.07) is 6.03. The molecule has 1 saturated carbocycles. The van der Waals surface area contributed by atoms with Crippen molar-refractivity contribution in [3.8, 4) is 5.75 Å². The lowest BCUT2D eigenvalue weighted by atomic mass is 9.73. The van der Waals surface area contributed by atoms with Gasteiger partial charge in [0.15, 0.2) is 0 Å². The summed E-state index contributed by atoms with van der Waals surface area (Å²) in [5.41, 5.74) is 3.68. The largest absolute Gasteiger partial charge is 0.508 e. The number of halogens is 1. The van der Waals surface area contributed by atoms with E-state index < -0.39 is 0 Å². The summed E-state index contributed by atoms with van der Waals surface area (Å²) in [6.45, 7) is 6.51. The van der Waals surface area contributed by atoms with Gasteiger partial charge in [-0.25, -0.2) is 0 Å².